The summed E-state index contributed by atoms with van der Waals surface area (Å²) in [5.41, 5.74) is -0.272. The Balaban J connectivity index is 1.24. The van der Waals surface area contributed by atoms with Crippen LogP contribution in [-0.4, -0.2) is 49.2 Å². The second kappa shape index (κ2) is 23.6. The minimum Gasteiger partial charge on any atom is -0.469 e. The van der Waals surface area contributed by atoms with Gasteiger partial charge in [-0.1, -0.05) is 130 Å². The molecule has 4 aliphatic carbocycles. The van der Waals surface area contributed by atoms with E-state index in [0.29, 0.717) is 18.8 Å². The lowest BCUT2D eigenvalue weighted by atomic mass is 9.43. The van der Waals surface area contributed by atoms with Crippen molar-refractivity contribution in [2.75, 3.05) is 7.11 Å². The molecule has 1 unspecified atom stereocenters. The van der Waals surface area contributed by atoms with E-state index in [0.717, 1.165) is 64.2 Å². The van der Waals surface area contributed by atoms with E-state index in [2.05, 4.69) is 33.0 Å². The van der Waals surface area contributed by atoms with Gasteiger partial charge in [-0.05, 0) is 92.8 Å². The van der Waals surface area contributed by atoms with Crippen LogP contribution in [0.25, 0.3) is 0 Å². The van der Waals surface area contributed by atoms with Crippen molar-refractivity contribution in [3.05, 3.63) is 0 Å². The Hall–Kier alpha value is -2.12. The van der Waals surface area contributed by atoms with E-state index in [-0.39, 0.29) is 82.5 Å². The van der Waals surface area contributed by atoms with E-state index in [1.54, 1.807) is 0 Å². The Morgan fingerprint density at radius 3 is 1.79 bits per heavy atom. The van der Waals surface area contributed by atoms with Gasteiger partial charge >= 0.3 is 17.9 Å². The molecule has 0 spiro atoms. The van der Waals surface area contributed by atoms with E-state index < -0.39 is 0 Å². The average Bonchev–Trinajstić information content (AvgIpc) is 3.53. The first-order valence-corrected chi connectivity index (χ1v) is 24.1. The van der Waals surface area contributed by atoms with Gasteiger partial charge in [-0.15, -0.1) is 0 Å². The van der Waals surface area contributed by atoms with E-state index in [1.165, 1.54) is 117 Å². The molecule has 328 valence electrons. The van der Waals surface area contributed by atoms with Crippen molar-refractivity contribution in [3.8, 4) is 0 Å². The van der Waals surface area contributed by atoms with Crippen LogP contribution in [0.3, 0.4) is 0 Å². The van der Waals surface area contributed by atoms with Gasteiger partial charge in [-0.25, -0.2) is 0 Å². The third-order valence-corrected chi connectivity index (χ3v) is 16.0. The fourth-order valence-electron chi connectivity index (χ4n) is 12.9. The number of hydrogen-bond donors (Lipinski definition) is 1. The lowest BCUT2D eigenvalue weighted by Gasteiger charge is -2.64. The number of amides is 1. The van der Waals surface area contributed by atoms with Crippen molar-refractivity contribution in [3.63, 3.8) is 0 Å². The Kier molecular flexibility index (Phi) is 19.7. The summed E-state index contributed by atoms with van der Waals surface area (Å²) in [5.74, 6) is 1.04. The highest BCUT2D eigenvalue weighted by Gasteiger charge is 2.67. The van der Waals surface area contributed by atoms with Gasteiger partial charge in [-0.2, -0.15) is 0 Å². The van der Waals surface area contributed by atoms with Gasteiger partial charge in [0.1, 0.15) is 12.2 Å². The quantitative estimate of drug-likeness (QED) is 0.0556. The van der Waals surface area contributed by atoms with Crippen LogP contribution in [-0.2, 0) is 33.4 Å². The molecule has 57 heavy (non-hydrogen) atoms. The normalized spacial score (nSPS) is 32.3. The second-order valence-corrected chi connectivity index (χ2v) is 19.8. The molecule has 8 nitrogen and oxygen atoms in total. The molecule has 1 amide bonds. The van der Waals surface area contributed by atoms with Crippen molar-refractivity contribution in [2.24, 2.45) is 46.3 Å². The topological polar surface area (TPSA) is 108 Å². The largest absolute Gasteiger partial charge is 0.469 e. The number of carbonyl (C=O) groups is 4. The van der Waals surface area contributed by atoms with Gasteiger partial charge in [0.15, 0.2) is 0 Å². The molecule has 4 fully saturated rings. The Bertz CT molecular complexity index is 1250. The summed E-state index contributed by atoms with van der Waals surface area (Å²) in [6.45, 7) is 12.3. The molecule has 4 aliphatic rings. The zero-order chi connectivity index (χ0) is 41.4. The van der Waals surface area contributed by atoms with Gasteiger partial charge in [0.2, 0.25) is 5.91 Å². The zero-order valence-electron chi connectivity index (χ0n) is 37.6. The number of rotatable bonds is 25. The molecular formula is C49H85NO7. The molecule has 4 rings (SSSR count). The number of esters is 3. The van der Waals surface area contributed by atoms with E-state index in [1.807, 2.05) is 0 Å². The first-order chi connectivity index (χ1) is 27.3. The fourth-order valence-corrected chi connectivity index (χ4v) is 12.9. The Morgan fingerprint density at radius 1 is 0.684 bits per heavy atom. The van der Waals surface area contributed by atoms with Crippen molar-refractivity contribution in [1.82, 2.24) is 5.32 Å². The number of unbranched alkanes of at least 4 members (excludes halogenated alkanes) is 16. The molecule has 1 N–H and O–H groups in total. The van der Waals surface area contributed by atoms with Crippen LogP contribution < -0.4 is 5.32 Å². The number of ether oxygens (including phenoxy) is 3. The highest BCUT2D eigenvalue weighted by atomic mass is 16.5. The number of methoxy groups -OCH3 is 1. The summed E-state index contributed by atoms with van der Waals surface area (Å²) in [4.78, 5) is 50.6. The minimum atomic E-state index is -0.276. The number of nitrogens with one attached hydrogen (secondary N) is 1. The summed E-state index contributed by atoms with van der Waals surface area (Å²) < 4.78 is 17.6. The average molecular weight is 800 g/mol. The molecule has 0 heterocycles. The van der Waals surface area contributed by atoms with Gasteiger partial charge in [0.25, 0.3) is 0 Å². The highest BCUT2D eigenvalue weighted by Crippen LogP contribution is 2.69. The second-order valence-electron chi connectivity index (χ2n) is 19.8. The monoisotopic (exact) mass is 800 g/mol. The molecule has 0 aromatic rings. The SMILES string of the molecule is CCCCCCCCCCCCCCCCCCCC(=O)N[C@H]1CC[C@@]2(C)[C@@H](C1)C[C@@H](OC(C)=O)[C@@H]1[C@@H]2C[C@H](OC(C)=O)[C@]2(C)[C@@H](C(C)CCC(=O)OC)CC[C@@H]12. The maximum atomic E-state index is 13.2. The molecule has 0 aliphatic heterocycles. The predicted octanol–water partition coefficient (Wildman–Crippen LogP) is 11.8. The van der Waals surface area contributed by atoms with Crippen molar-refractivity contribution in [1.29, 1.82) is 0 Å². The Labute approximate surface area is 348 Å². The van der Waals surface area contributed by atoms with E-state index in [4.69, 9.17) is 14.2 Å². The van der Waals surface area contributed by atoms with Crippen LogP contribution in [0.15, 0.2) is 0 Å². The lowest BCUT2D eigenvalue weighted by molar-refractivity contribution is -0.220. The number of hydrogen-bond acceptors (Lipinski definition) is 7. The smallest absolute Gasteiger partial charge is 0.305 e. The van der Waals surface area contributed by atoms with Crippen molar-refractivity contribution < 1.29 is 33.4 Å². The number of fused-ring (bicyclic) bond motifs is 5. The molecule has 0 aromatic carbocycles. The summed E-state index contributed by atoms with van der Waals surface area (Å²) in [6, 6.07) is 0.139. The van der Waals surface area contributed by atoms with E-state index in [9.17, 15) is 19.2 Å². The third-order valence-electron chi connectivity index (χ3n) is 16.0. The van der Waals surface area contributed by atoms with Crippen molar-refractivity contribution in [2.45, 2.75) is 233 Å². The summed E-state index contributed by atoms with van der Waals surface area (Å²) in [7, 11) is 1.44. The van der Waals surface area contributed by atoms with Gasteiger partial charge in [0.05, 0.1) is 7.11 Å². The Morgan fingerprint density at radius 2 is 1.25 bits per heavy atom. The molecule has 8 heteroatoms. The van der Waals surface area contributed by atoms with Crippen LogP contribution in [0.1, 0.15) is 215 Å². The molecule has 0 radical (unpaired) electrons. The van der Waals surface area contributed by atoms with Gasteiger partial charge < -0.3 is 19.5 Å². The van der Waals surface area contributed by atoms with Crippen molar-refractivity contribution >= 4 is 23.8 Å². The predicted molar refractivity (Wildman–Crippen MR) is 228 cm³/mol. The zero-order valence-corrected chi connectivity index (χ0v) is 37.6. The molecule has 0 aromatic heterocycles. The van der Waals surface area contributed by atoms with Crippen LogP contribution in [0.5, 0.6) is 0 Å². The fraction of sp³-hybridized carbons (Fsp3) is 0.918. The summed E-state index contributed by atoms with van der Waals surface area (Å²) >= 11 is 0. The van der Waals surface area contributed by atoms with Gasteiger partial charge in [-0.3, -0.25) is 19.2 Å². The van der Waals surface area contributed by atoms with Crippen LogP contribution in [0.2, 0.25) is 0 Å². The van der Waals surface area contributed by atoms with Crippen LogP contribution >= 0.6 is 0 Å². The summed E-state index contributed by atoms with van der Waals surface area (Å²) in [6.07, 6.45) is 30.4. The van der Waals surface area contributed by atoms with E-state index >= 15 is 0 Å². The standard InChI is InChI=1S/C49H85NO7/c1-8-9-10-11-12-13-14-15-16-17-18-19-20-21-22-23-24-25-45(53)50-39-30-31-48(5)38(32-39)33-43(56-36(3)51)47-41-28-27-40(35(2)26-29-46(54)55-7)49(41,6)44(34-42(47)48)57-37(4)52/h35,38-44,47H,8-34H2,1-7H3,(H,50,53)/t35?,38-,39-,40+,41-,42-,43+,44-,47-,48-,49+/m0/s1. The van der Waals surface area contributed by atoms with Crippen LogP contribution in [0, 0.1) is 46.3 Å². The molecule has 0 bridgehead atoms. The first-order valence-electron chi connectivity index (χ1n) is 24.1. The maximum Gasteiger partial charge on any atom is 0.305 e. The number of carbonyl (C=O) groups excluding carboxylic acids is 4. The molecule has 4 saturated carbocycles. The maximum absolute atomic E-state index is 13.2. The first kappa shape index (κ1) is 47.6. The third kappa shape index (κ3) is 13.2. The molecular weight excluding hydrogens is 715 g/mol. The minimum absolute atomic E-state index is 0.00438. The highest BCUT2D eigenvalue weighted by molar-refractivity contribution is 5.76. The van der Waals surface area contributed by atoms with Crippen LogP contribution in [0.4, 0.5) is 0 Å². The molecule has 0 saturated heterocycles. The lowest BCUT2D eigenvalue weighted by Crippen LogP contribution is -2.64. The molecule has 11 atom stereocenters. The van der Waals surface area contributed by atoms with Gasteiger partial charge in [0, 0.05) is 44.1 Å². The summed E-state index contributed by atoms with van der Waals surface area (Å²) in [5, 5.41) is 3.42.